The van der Waals surface area contributed by atoms with Crippen LogP contribution < -0.4 is 0 Å². The first-order valence-corrected chi connectivity index (χ1v) is 8.45. The fraction of sp³-hybridized carbons (Fsp3) is 0.882. The third-order valence-corrected chi connectivity index (χ3v) is 4.51. The SMILES string of the molecule is C(=NCCCN=CC1CCCCC1)C1CCCCC1. The highest BCUT2D eigenvalue weighted by Gasteiger charge is 2.10. The first-order valence-electron chi connectivity index (χ1n) is 8.45. The second-order valence-corrected chi connectivity index (χ2v) is 6.26. The minimum absolute atomic E-state index is 0.777. The van der Waals surface area contributed by atoms with Crippen LogP contribution in [-0.4, -0.2) is 25.5 Å². The predicted molar refractivity (Wildman–Crippen MR) is 84.5 cm³/mol. The molecule has 2 rings (SSSR count). The van der Waals surface area contributed by atoms with Gasteiger partial charge in [0.25, 0.3) is 0 Å². The van der Waals surface area contributed by atoms with E-state index in [1.54, 1.807) is 0 Å². The fourth-order valence-electron chi connectivity index (χ4n) is 3.27. The molecule has 0 saturated heterocycles. The van der Waals surface area contributed by atoms with Crippen LogP contribution >= 0.6 is 0 Å². The summed E-state index contributed by atoms with van der Waals surface area (Å²) in [5.41, 5.74) is 0. The molecule has 0 amide bonds. The van der Waals surface area contributed by atoms with Gasteiger partial charge in [-0.15, -0.1) is 0 Å². The zero-order valence-corrected chi connectivity index (χ0v) is 12.4. The number of hydrogen-bond acceptors (Lipinski definition) is 2. The van der Waals surface area contributed by atoms with Crippen LogP contribution in [-0.2, 0) is 0 Å². The van der Waals surface area contributed by atoms with E-state index in [9.17, 15) is 0 Å². The van der Waals surface area contributed by atoms with Crippen molar-refractivity contribution in [1.29, 1.82) is 0 Å². The van der Waals surface area contributed by atoms with E-state index in [0.717, 1.165) is 31.3 Å². The number of rotatable bonds is 6. The lowest BCUT2D eigenvalue weighted by Crippen LogP contribution is -2.08. The monoisotopic (exact) mass is 262 g/mol. The maximum Gasteiger partial charge on any atom is 0.0403 e. The van der Waals surface area contributed by atoms with E-state index in [4.69, 9.17) is 0 Å². The largest absolute Gasteiger partial charge is 0.297 e. The maximum atomic E-state index is 4.58. The highest BCUT2D eigenvalue weighted by molar-refractivity contribution is 5.61. The lowest BCUT2D eigenvalue weighted by Gasteiger charge is -2.17. The van der Waals surface area contributed by atoms with Crippen LogP contribution in [0.2, 0.25) is 0 Å². The summed E-state index contributed by atoms with van der Waals surface area (Å²) < 4.78 is 0. The quantitative estimate of drug-likeness (QED) is 0.490. The van der Waals surface area contributed by atoms with Gasteiger partial charge >= 0.3 is 0 Å². The molecule has 19 heavy (non-hydrogen) atoms. The van der Waals surface area contributed by atoms with Crippen molar-refractivity contribution in [3.05, 3.63) is 0 Å². The smallest absolute Gasteiger partial charge is 0.0403 e. The molecule has 0 aromatic rings. The number of aliphatic imine (C=N–C) groups is 2. The summed E-state index contributed by atoms with van der Waals surface area (Å²) in [6, 6.07) is 0. The Morgan fingerprint density at radius 3 is 1.47 bits per heavy atom. The summed E-state index contributed by atoms with van der Waals surface area (Å²) in [5.74, 6) is 1.55. The molecule has 0 aromatic heterocycles. The highest BCUT2D eigenvalue weighted by Crippen LogP contribution is 2.22. The molecular weight excluding hydrogens is 232 g/mol. The molecule has 2 fully saturated rings. The van der Waals surface area contributed by atoms with E-state index in [1.165, 1.54) is 64.2 Å². The lowest BCUT2D eigenvalue weighted by atomic mass is 9.90. The summed E-state index contributed by atoms with van der Waals surface area (Å²) in [5, 5.41) is 0. The van der Waals surface area contributed by atoms with E-state index >= 15 is 0 Å². The topological polar surface area (TPSA) is 24.7 Å². The van der Waals surface area contributed by atoms with E-state index in [0.29, 0.717) is 0 Å². The molecule has 0 heterocycles. The number of hydrogen-bond donors (Lipinski definition) is 0. The second kappa shape index (κ2) is 9.28. The normalized spacial score (nSPS) is 23.6. The van der Waals surface area contributed by atoms with Crippen LogP contribution in [0.1, 0.15) is 70.6 Å². The first kappa shape index (κ1) is 14.7. The third-order valence-electron chi connectivity index (χ3n) is 4.51. The molecule has 0 radical (unpaired) electrons. The van der Waals surface area contributed by atoms with E-state index in [1.807, 2.05) is 0 Å². The molecular formula is C17H30N2. The Hall–Kier alpha value is -0.660. The van der Waals surface area contributed by atoms with Gasteiger partial charge in [0.05, 0.1) is 0 Å². The van der Waals surface area contributed by atoms with Crippen LogP contribution in [0.4, 0.5) is 0 Å². The molecule has 0 aromatic carbocycles. The maximum absolute atomic E-state index is 4.58. The van der Waals surface area contributed by atoms with Crippen LogP contribution in [0.25, 0.3) is 0 Å². The molecule has 0 aliphatic heterocycles. The Labute approximate surface area is 118 Å². The summed E-state index contributed by atoms with van der Waals surface area (Å²) in [7, 11) is 0. The highest BCUT2D eigenvalue weighted by atomic mass is 14.7. The summed E-state index contributed by atoms with van der Waals surface area (Å²) >= 11 is 0. The summed E-state index contributed by atoms with van der Waals surface area (Å²) in [6.45, 7) is 1.94. The Morgan fingerprint density at radius 1 is 0.632 bits per heavy atom. The first-order chi connectivity index (χ1) is 9.45. The van der Waals surface area contributed by atoms with Crippen LogP contribution in [0.15, 0.2) is 9.98 Å². The molecule has 0 spiro atoms. The minimum Gasteiger partial charge on any atom is -0.297 e. The van der Waals surface area contributed by atoms with Gasteiger partial charge in [-0.3, -0.25) is 9.98 Å². The van der Waals surface area contributed by atoms with Crippen LogP contribution in [0, 0.1) is 11.8 Å². The van der Waals surface area contributed by atoms with Gasteiger partial charge in [-0.1, -0.05) is 38.5 Å². The van der Waals surface area contributed by atoms with E-state index in [2.05, 4.69) is 22.4 Å². The Bertz CT molecular complexity index is 243. The van der Waals surface area contributed by atoms with Crippen molar-refractivity contribution >= 4 is 12.4 Å². The van der Waals surface area contributed by atoms with E-state index in [-0.39, 0.29) is 0 Å². The average molecular weight is 262 g/mol. The van der Waals surface area contributed by atoms with Gasteiger partial charge in [-0.05, 0) is 43.9 Å². The molecule has 2 aliphatic carbocycles. The molecule has 2 nitrogen and oxygen atoms in total. The van der Waals surface area contributed by atoms with Crippen molar-refractivity contribution < 1.29 is 0 Å². The van der Waals surface area contributed by atoms with Gasteiger partial charge in [0.2, 0.25) is 0 Å². The molecule has 108 valence electrons. The van der Waals surface area contributed by atoms with E-state index < -0.39 is 0 Å². The van der Waals surface area contributed by atoms with Gasteiger partial charge in [-0.25, -0.2) is 0 Å². The molecule has 0 atom stereocenters. The van der Waals surface area contributed by atoms with Gasteiger partial charge in [0.1, 0.15) is 0 Å². The molecule has 0 bridgehead atoms. The van der Waals surface area contributed by atoms with Crippen molar-refractivity contribution in [2.45, 2.75) is 70.6 Å². The molecule has 0 N–H and O–H groups in total. The molecule has 2 heteroatoms. The molecule has 2 saturated carbocycles. The van der Waals surface area contributed by atoms with Crippen molar-refractivity contribution in [2.24, 2.45) is 21.8 Å². The zero-order valence-electron chi connectivity index (χ0n) is 12.4. The Morgan fingerprint density at radius 2 is 1.05 bits per heavy atom. The summed E-state index contributed by atoms with van der Waals surface area (Å²) in [4.78, 5) is 9.16. The van der Waals surface area contributed by atoms with Crippen molar-refractivity contribution in [1.82, 2.24) is 0 Å². The van der Waals surface area contributed by atoms with Crippen molar-refractivity contribution in [3.63, 3.8) is 0 Å². The van der Waals surface area contributed by atoms with Gasteiger partial charge in [0.15, 0.2) is 0 Å². The molecule has 0 unspecified atom stereocenters. The van der Waals surface area contributed by atoms with Gasteiger partial charge < -0.3 is 0 Å². The lowest BCUT2D eigenvalue weighted by molar-refractivity contribution is 0.444. The minimum atomic E-state index is 0.777. The van der Waals surface area contributed by atoms with Crippen LogP contribution in [0.3, 0.4) is 0 Å². The fourth-order valence-corrected chi connectivity index (χ4v) is 3.27. The van der Waals surface area contributed by atoms with Gasteiger partial charge in [0, 0.05) is 25.5 Å². The second-order valence-electron chi connectivity index (χ2n) is 6.26. The third kappa shape index (κ3) is 6.35. The molecule has 2 aliphatic rings. The average Bonchev–Trinajstić information content (AvgIpc) is 2.48. The standard InChI is InChI=1S/C17H30N2/c1-3-8-16(9-4-1)14-18-12-7-13-19-15-17-10-5-2-6-11-17/h14-17H,1-13H2. The number of nitrogens with zero attached hydrogens (tertiary/aromatic N) is 2. The van der Waals surface area contributed by atoms with Crippen molar-refractivity contribution in [2.75, 3.05) is 13.1 Å². The zero-order chi connectivity index (χ0) is 13.2. The predicted octanol–water partition coefficient (Wildman–Crippen LogP) is 4.68. The summed E-state index contributed by atoms with van der Waals surface area (Å²) in [6.07, 6.45) is 19.5. The van der Waals surface area contributed by atoms with Crippen LogP contribution in [0.5, 0.6) is 0 Å². The Kier molecular flexibility index (Phi) is 7.20. The Balaban J connectivity index is 1.49. The van der Waals surface area contributed by atoms with Gasteiger partial charge in [-0.2, -0.15) is 0 Å². The van der Waals surface area contributed by atoms with Crippen molar-refractivity contribution in [3.8, 4) is 0 Å².